The predicted molar refractivity (Wildman–Crippen MR) is 134 cm³/mol. The summed E-state index contributed by atoms with van der Waals surface area (Å²) >= 11 is 3.41. The molecule has 0 atom stereocenters. The van der Waals surface area contributed by atoms with E-state index >= 15 is 0 Å². The monoisotopic (exact) mass is 560 g/mol. The van der Waals surface area contributed by atoms with E-state index in [4.69, 9.17) is 0 Å². The van der Waals surface area contributed by atoms with Crippen molar-refractivity contribution in [3.05, 3.63) is 81.1 Å². The number of fused-ring (bicyclic) bond motifs is 1. The number of aromatic nitrogens is 4. The fourth-order valence-electron chi connectivity index (χ4n) is 3.45. The number of rotatable bonds is 9. The number of nitro benzene ring substituents is 1. The maximum Gasteiger partial charge on any atom is 0.278 e. The molecule has 4 aromatic rings. The van der Waals surface area contributed by atoms with Gasteiger partial charge in [-0.2, -0.15) is 23.4 Å². The zero-order valence-electron chi connectivity index (χ0n) is 18.7. The van der Waals surface area contributed by atoms with Gasteiger partial charge in [0, 0.05) is 60.3 Å². The standard InChI is InChI=1S/C21H21BrN8O4S/c1-14(18-12-25-29-8-5-15(22)9-20(18)29)26-27-35(33,34)21-10-17(30(31)32)3-4-19(21)28(2)7-6-16-11-23-13-24-16/h3-5,8-13,27H,6-7H2,1-2H3,(H,23,24)/b26-14+. The molecule has 0 aliphatic heterocycles. The zero-order valence-corrected chi connectivity index (χ0v) is 21.1. The van der Waals surface area contributed by atoms with Crippen molar-refractivity contribution < 1.29 is 13.3 Å². The first-order chi connectivity index (χ1) is 16.7. The fraction of sp³-hybridized carbons (Fsp3) is 0.190. The topological polar surface area (TPSA) is 151 Å². The first-order valence-corrected chi connectivity index (χ1v) is 12.6. The highest BCUT2D eigenvalue weighted by Gasteiger charge is 2.24. The summed E-state index contributed by atoms with van der Waals surface area (Å²) < 4.78 is 29.0. The van der Waals surface area contributed by atoms with Crippen molar-refractivity contribution in [2.45, 2.75) is 18.2 Å². The summed E-state index contributed by atoms with van der Waals surface area (Å²) in [5.41, 5.74) is 2.57. The number of non-ortho nitro benzene ring substituents is 1. The summed E-state index contributed by atoms with van der Waals surface area (Å²) in [6, 6.07) is 7.38. The molecule has 12 nitrogen and oxygen atoms in total. The molecule has 4 rings (SSSR count). The maximum atomic E-state index is 13.2. The predicted octanol–water partition coefficient (Wildman–Crippen LogP) is 3.11. The van der Waals surface area contributed by atoms with Gasteiger partial charge in [0.25, 0.3) is 15.7 Å². The van der Waals surface area contributed by atoms with Crippen LogP contribution in [0.3, 0.4) is 0 Å². The molecule has 0 fully saturated rings. The average Bonchev–Trinajstić information content (AvgIpc) is 3.50. The molecule has 0 aliphatic rings. The van der Waals surface area contributed by atoms with Gasteiger partial charge in [-0.3, -0.25) is 10.1 Å². The first-order valence-electron chi connectivity index (χ1n) is 10.3. The summed E-state index contributed by atoms with van der Waals surface area (Å²) in [6.45, 7) is 2.09. The van der Waals surface area contributed by atoms with Gasteiger partial charge < -0.3 is 9.88 Å². The largest absolute Gasteiger partial charge is 0.373 e. The fourth-order valence-corrected chi connectivity index (χ4v) is 4.91. The third kappa shape index (κ3) is 5.33. The van der Waals surface area contributed by atoms with Crippen LogP contribution in [0.4, 0.5) is 11.4 Å². The first kappa shape index (κ1) is 24.3. The second-order valence-corrected chi connectivity index (χ2v) is 10.2. The van der Waals surface area contributed by atoms with Crippen molar-refractivity contribution in [1.29, 1.82) is 0 Å². The molecule has 0 unspecified atom stereocenters. The van der Waals surface area contributed by atoms with E-state index in [-0.39, 0.29) is 10.6 Å². The van der Waals surface area contributed by atoms with Crippen LogP contribution in [0.15, 0.2) is 69.7 Å². The highest BCUT2D eigenvalue weighted by atomic mass is 79.9. The number of benzene rings is 1. The van der Waals surface area contributed by atoms with Crippen LogP contribution in [0, 0.1) is 10.1 Å². The Labute approximate surface area is 209 Å². The Balaban J connectivity index is 1.64. The molecule has 0 aliphatic carbocycles. The van der Waals surface area contributed by atoms with Crippen LogP contribution in [0.25, 0.3) is 5.52 Å². The van der Waals surface area contributed by atoms with Gasteiger partial charge in [-0.05, 0) is 25.1 Å². The van der Waals surface area contributed by atoms with E-state index in [1.807, 2.05) is 12.1 Å². The lowest BCUT2D eigenvalue weighted by Gasteiger charge is -2.22. The van der Waals surface area contributed by atoms with Crippen LogP contribution < -0.4 is 9.73 Å². The van der Waals surface area contributed by atoms with Crippen LogP contribution in [-0.4, -0.2) is 52.2 Å². The molecule has 0 radical (unpaired) electrons. The van der Waals surface area contributed by atoms with Gasteiger partial charge in [0.05, 0.1) is 34.4 Å². The van der Waals surface area contributed by atoms with Crippen molar-refractivity contribution in [1.82, 2.24) is 24.4 Å². The number of nitro groups is 1. The number of sulfonamides is 1. The van der Waals surface area contributed by atoms with E-state index in [1.54, 1.807) is 48.3 Å². The van der Waals surface area contributed by atoms with Gasteiger partial charge in [-0.15, -0.1) is 0 Å². The molecule has 0 spiro atoms. The highest BCUT2D eigenvalue weighted by Crippen LogP contribution is 2.29. The zero-order chi connectivity index (χ0) is 25.2. The summed E-state index contributed by atoms with van der Waals surface area (Å²) in [5, 5.41) is 19.6. The smallest absolute Gasteiger partial charge is 0.278 e. The number of hydrazone groups is 1. The van der Waals surface area contributed by atoms with Crippen molar-refractivity contribution in [3.8, 4) is 0 Å². The van der Waals surface area contributed by atoms with E-state index in [9.17, 15) is 18.5 Å². The lowest BCUT2D eigenvalue weighted by atomic mass is 10.2. The summed E-state index contributed by atoms with van der Waals surface area (Å²) in [6.07, 6.45) is 7.15. The molecule has 3 heterocycles. The van der Waals surface area contributed by atoms with Crippen LogP contribution in [0.2, 0.25) is 0 Å². The van der Waals surface area contributed by atoms with Crippen molar-refractivity contribution >= 4 is 48.6 Å². The number of H-pyrrole nitrogens is 1. The van der Waals surface area contributed by atoms with E-state index < -0.39 is 14.9 Å². The molecule has 35 heavy (non-hydrogen) atoms. The number of nitrogens with one attached hydrogen (secondary N) is 2. The van der Waals surface area contributed by atoms with Crippen LogP contribution in [0.1, 0.15) is 18.2 Å². The molecule has 0 bridgehead atoms. The Morgan fingerprint density at radius 3 is 2.83 bits per heavy atom. The second kappa shape index (κ2) is 9.84. The van der Waals surface area contributed by atoms with Gasteiger partial charge in [0.15, 0.2) is 0 Å². The molecular formula is C21H21BrN8O4S. The molecule has 2 N–H and O–H groups in total. The Kier molecular flexibility index (Phi) is 6.84. The summed E-state index contributed by atoms with van der Waals surface area (Å²) in [5.74, 6) is 0. The summed E-state index contributed by atoms with van der Waals surface area (Å²) in [4.78, 5) is 21.3. The van der Waals surface area contributed by atoms with Gasteiger partial charge in [0.2, 0.25) is 0 Å². The number of imidazole rings is 1. The summed E-state index contributed by atoms with van der Waals surface area (Å²) in [7, 11) is -2.54. The quantitative estimate of drug-likeness (QED) is 0.181. The van der Waals surface area contributed by atoms with Crippen molar-refractivity contribution in [2.75, 3.05) is 18.5 Å². The normalized spacial score (nSPS) is 12.1. The molecular weight excluding hydrogens is 540 g/mol. The molecule has 1 aromatic carbocycles. The minimum atomic E-state index is -4.25. The van der Waals surface area contributed by atoms with Gasteiger partial charge >= 0.3 is 0 Å². The van der Waals surface area contributed by atoms with E-state index in [2.05, 4.69) is 40.9 Å². The number of nitrogens with zero attached hydrogens (tertiary/aromatic N) is 6. The van der Waals surface area contributed by atoms with Crippen molar-refractivity contribution in [3.63, 3.8) is 0 Å². The van der Waals surface area contributed by atoms with Gasteiger partial charge in [0.1, 0.15) is 4.90 Å². The number of hydrogen-bond acceptors (Lipinski definition) is 8. The number of aromatic amines is 1. The highest BCUT2D eigenvalue weighted by molar-refractivity contribution is 9.10. The Bertz CT molecular complexity index is 1520. The average molecular weight is 561 g/mol. The molecule has 3 aromatic heterocycles. The lowest BCUT2D eigenvalue weighted by molar-refractivity contribution is -0.385. The Hall–Kier alpha value is -3.78. The van der Waals surface area contributed by atoms with E-state index in [1.165, 1.54) is 12.1 Å². The molecule has 14 heteroatoms. The van der Waals surface area contributed by atoms with Crippen molar-refractivity contribution in [2.24, 2.45) is 5.10 Å². The van der Waals surface area contributed by atoms with Crippen LogP contribution in [-0.2, 0) is 16.4 Å². The molecule has 0 saturated heterocycles. The SMILES string of the molecule is C/C(=N\NS(=O)(=O)c1cc([N+](=O)[O-])ccc1N(C)CCc1cnc[nH]1)c1cnn2ccc(Br)cc12. The number of halogens is 1. The van der Waals surface area contributed by atoms with Gasteiger partial charge in [-0.25, -0.2) is 9.50 Å². The maximum absolute atomic E-state index is 13.2. The number of likely N-dealkylation sites (N-methyl/N-ethyl adjacent to an activating group) is 1. The molecule has 182 valence electrons. The Morgan fingerprint density at radius 2 is 2.11 bits per heavy atom. The number of hydrogen-bond donors (Lipinski definition) is 2. The second-order valence-electron chi connectivity index (χ2n) is 7.68. The number of pyridine rings is 1. The van der Waals surface area contributed by atoms with Crippen LogP contribution >= 0.6 is 15.9 Å². The van der Waals surface area contributed by atoms with E-state index in [0.29, 0.717) is 29.9 Å². The minimum absolute atomic E-state index is 0.252. The minimum Gasteiger partial charge on any atom is -0.373 e. The Morgan fingerprint density at radius 1 is 1.31 bits per heavy atom. The van der Waals surface area contributed by atoms with Crippen LogP contribution in [0.5, 0.6) is 0 Å². The molecule has 0 amide bonds. The third-order valence-corrected chi connectivity index (χ3v) is 7.06. The van der Waals surface area contributed by atoms with E-state index in [0.717, 1.165) is 21.7 Å². The molecule has 0 saturated carbocycles. The van der Waals surface area contributed by atoms with Gasteiger partial charge in [-0.1, -0.05) is 15.9 Å². The number of anilines is 1. The lowest BCUT2D eigenvalue weighted by Crippen LogP contribution is -2.26. The third-order valence-electron chi connectivity index (χ3n) is 5.33.